The van der Waals surface area contributed by atoms with E-state index in [1.165, 1.54) is 29.5 Å². The van der Waals surface area contributed by atoms with Crippen LogP contribution in [0.5, 0.6) is 5.75 Å². The molecule has 2 aliphatic rings. The third-order valence-electron chi connectivity index (χ3n) is 6.87. The highest BCUT2D eigenvalue weighted by molar-refractivity contribution is 5.79. The Morgan fingerprint density at radius 3 is 2.73 bits per heavy atom. The van der Waals surface area contributed by atoms with Crippen molar-refractivity contribution in [2.75, 3.05) is 46.9 Å². The molecule has 1 fully saturated rings. The van der Waals surface area contributed by atoms with Gasteiger partial charge in [0.05, 0.1) is 12.5 Å². The number of fused-ring (bicyclic) bond motifs is 1. The molecule has 5 heteroatoms. The average Bonchev–Trinajstić information content (AvgIpc) is 3.29. The predicted molar refractivity (Wildman–Crippen MR) is 133 cm³/mol. The highest BCUT2D eigenvalue weighted by Crippen LogP contribution is 2.28. The zero-order valence-corrected chi connectivity index (χ0v) is 20.3. The van der Waals surface area contributed by atoms with Crippen LogP contribution in [-0.2, 0) is 24.2 Å². The Morgan fingerprint density at radius 2 is 1.91 bits per heavy atom. The number of amides is 1. The van der Waals surface area contributed by atoms with Crippen LogP contribution in [0.25, 0.3) is 0 Å². The van der Waals surface area contributed by atoms with Crippen LogP contribution in [0.3, 0.4) is 0 Å². The number of carbonyl (C=O) groups excluding carboxylic acids is 1. The summed E-state index contributed by atoms with van der Waals surface area (Å²) in [6.45, 7) is 5.04. The van der Waals surface area contributed by atoms with Crippen molar-refractivity contribution < 1.29 is 9.53 Å². The smallest absolute Gasteiger partial charge is 0.224 e. The number of piperidine rings is 1. The Labute approximate surface area is 199 Å². The Kier molecular flexibility index (Phi) is 8.40. The van der Waals surface area contributed by atoms with E-state index >= 15 is 0 Å². The maximum atomic E-state index is 13.0. The van der Waals surface area contributed by atoms with Crippen molar-refractivity contribution in [3.8, 4) is 5.75 Å². The summed E-state index contributed by atoms with van der Waals surface area (Å²) in [6.07, 6.45) is 5.47. The van der Waals surface area contributed by atoms with Crippen LogP contribution in [0.4, 0.5) is 0 Å². The summed E-state index contributed by atoms with van der Waals surface area (Å²) in [7, 11) is 4.13. The van der Waals surface area contributed by atoms with E-state index in [-0.39, 0.29) is 11.8 Å². The standard InChI is InChI=1S/C28H39N3O2/c1-30(2)15-7-14-29-28(32)26-16-23(19-31(20-26)18-22-8-4-3-5-9-22)21-33-27-13-12-24-10-6-11-25(24)17-27/h3-5,8-9,12-13,17,23,26H,6-7,10-11,14-16,18-21H2,1-2H3,(H,29,32)/t23-,26+/m0/s1. The molecule has 5 nitrogen and oxygen atoms in total. The van der Waals surface area contributed by atoms with Crippen LogP contribution in [-0.4, -0.2) is 62.6 Å². The lowest BCUT2D eigenvalue weighted by molar-refractivity contribution is -0.127. The molecule has 1 N–H and O–H groups in total. The summed E-state index contributed by atoms with van der Waals surface area (Å²) in [5.74, 6) is 1.51. The molecule has 2 aromatic rings. The number of nitrogens with zero attached hydrogens (tertiary/aromatic N) is 2. The number of likely N-dealkylation sites (tertiary alicyclic amines) is 1. The third kappa shape index (κ3) is 7.05. The minimum Gasteiger partial charge on any atom is -0.493 e. The zero-order chi connectivity index (χ0) is 23.0. The van der Waals surface area contributed by atoms with Gasteiger partial charge in [0.15, 0.2) is 0 Å². The molecule has 0 saturated carbocycles. The van der Waals surface area contributed by atoms with E-state index in [0.29, 0.717) is 12.5 Å². The minimum absolute atomic E-state index is 0.00967. The number of hydrogen-bond acceptors (Lipinski definition) is 4. The molecule has 178 valence electrons. The molecule has 1 aliphatic heterocycles. The first-order chi connectivity index (χ1) is 16.1. The fourth-order valence-corrected chi connectivity index (χ4v) is 5.19. The summed E-state index contributed by atoms with van der Waals surface area (Å²) < 4.78 is 6.26. The topological polar surface area (TPSA) is 44.8 Å². The van der Waals surface area contributed by atoms with E-state index in [0.717, 1.165) is 57.7 Å². The van der Waals surface area contributed by atoms with Crippen molar-refractivity contribution in [3.63, 3.8) is 0 Å². The SMILES string of the molecule is CN(C)CCCNC(=O)[C@@H]1C[C@H](COc2ccc3c(c2)CCC3)CN(Cc2ccccc2)C1. The van der Waals surface area contributed by atoms with Crippen LogP contribution in [0.1, 0.15) is 36.0 Å². The Hall–Kier alpha value is -2.37. The van der Waals surface area contributed by atoms with Gasteiger partial charge in [0, 0.05) is 32.1 Å². The van der Waals surface area contributed by atoms with Gasteiger partial charge in [-0.1, -0.05) is 36.4 Å². The quantitative estimate of drug-likeness (QED) is 0.561. The van der Waals surface area contributed by atoms with E-state index in [9.17, 15) is 4.79 Å². The molecular formula is C28H39N3O2. The Morgan fingerprint density at radius 1 is 1.09 bits per heavy atom. The molecular weight excluding hydrogens is 410 g/mol. The van der Waals surface area contributed by atoms with Crippen molar-refractivity contribution in [1.29, 1.82) is 0 Å². The number of nitrogens with one attached hydrogen (secondary N) is 1. The summed E-state index contributed by atoms with van der Waals surface area (Å²) >= 11 is 0. The lowest BCUT2D eigenvalue weighted by atomic mass is 9.88. The van der Waals surface area contributed by atoms with Crippen molar-refractivity contribution in [2.24, 2.45) is 11.8 Å². The first kappa shape index (κ1) is 23.8. The number of carbonyl (C=O) groups is 1. The van der Waals surface area contributed by atoms with Gasteiger partial charge in [-0.15, -0.1) is 0 Å². The molecule has 2 atom stereocenters. The Balaban J connectivity index is 1.36. The van der Waals surface area contributed by atoms with Gasteiger partial charge < -0.3 is 15.0 Å². The van der Waals surface area contributed by atoms with E-state index in [1.807, 2.05) is 0 Å². The molecule has 4 rings (SSSR count). The predicted octanol–water partition coefficient (Wildman–Crippen LogP) is 3.76. The summed E-state index contributed by atoms with van der Waals surface area (Å²) in [6, 6.07) is 17.1. The van der Waals surface area contributed by atoms with Gasteiger partial charge in [-0.2, -0.15) is 0 Å². The summed E-state index contributed by atoms with van der Waals surface area (Å²) in [4.78, 5) is 17.6. The van der Waals surface area contributed by atoms with Crippen LogP contribution >= 0.6 is 0 Å². The van der Waals surface area contributed by atoms with Crippen LogP contribution in [0, 0.1) is 11.8 Å². The summed E-state index contributed by atoms with van der Waals surface area (Å²) in [5.41, 5.74) is 4.21. The maximum absolute atomic E-state index is 13.0. The van der Waals surface area contributed by atoms with Crippen LogP contribution in [0.15, 0.2) is 48.5 Å². The van der Waals surface area contributed by atoms with E-state index in [1.54, 1.807) is 0 Å². The molecule has 0 radical (unpaired) electrons. The maximum Gasteiger partial charge on any atom is 0.224 e. The molecule has 1 heterocycles. The van der Waals surface area contributed by atoms with E-state index in [4.69, 9.17) is 4.74 Å². The Bertz CT molecular complexity index is 899. The van der Waals surface area contributed by atoms with Gasteiger partial charge in [-0.3, -0.25) is 9.69 Å². The molecule has 1 amide bonds. The minimum atomic E-state index is 0.00967. The number of benzene rings is 2. The normalized spacial score (nSPS) is 20.6. The number of rotatable bonds is 10. The number of aryl methyl sites for hydroxylation is 2. The first-order valence-electron chi connectivity index (χ1n) is 12.5. The number of hydrogen-bond donors (Lipinski definition) is 1. The molecule has 0 aromatic heterocycles. The van der Waals surface area contributed by atoms with Gasteiger partial charge >= 0.3 is 0 Å². The van der Waals surface area contributed by atoms with Gasteiger partial charge in [-0.25, -0.2) is 0 Å². The molecule has 2 aromatic carbocycles. The largest absolute Gasteiger partial charge is 0.493 e. The number of ether oxygens (including phenoxy) is 1. The third-order valence-corrected chi connectivity index (χ3v) is 6.87. The second kappa shape index (κ2) is 11.7. The molecule has 0 bridgehead atoms. The molecule has 33 heavy (non-hydrogen) atoms. The fourth-order valence-electron chi connectivity index (χ4n) is 5.19. The second-order valence-electron chi connectivity index (χ2n) is 10.0. The van der Waals surface area contributed by atoms with Crippen molar-refractivity contribution in [2.45, 2.75) is 38.6 Å². The fraction of sp³-hybridized carbons (Fsp3) is 0.536. The second-order valence-corrected chi connectivity index (χ2v) is 10.0. The van der Waals surface area contributed by atoms with Gasteiger partial charge in [0.2, 0.25) is 5.91 Å². The molecule has 0 unspecified atom stereocenters. The summed E-state index contributed by atoms with van der Waals surface area (Å²) in [5, 5.41) is 3.18. The monoisotopic (exact) mass is 449 g/mol. The molecule has 1 saturated heterocycles. The lowest BCUT2D eigenvalue weighted by Gasteiger charge is -2.37. The molecule has 1 aliphatic carbocycles. The lowest BCUT2D eigenvalue weighted by Crippen LogP contribution is -2.47. The van der Waals surface area contributed by atoms with Crippen molar-refractivity contribution in [3.05, 3.63) is 65.2 Å². The highest BCUT2D eigenvalue weighted by atomic mass is 16.5. The van der Waals surface area contributed by atoms with Crippen LogP contribution in [0.2, 0.25) is 0 Å². The zero-order valence-electron chi connectivity index (χ0n) is 20.3. The molecule has 0 spiro atoms. The van der Waals surface area contributed by atoms with Crippen molar-refractivity contribution >= 4 is 5.91 Å². The first-order valence-corrected chi connectivity index (χ1v) is 12.5. The van der Waals surface area contributed by atoms with Gasteiger partial charge in [0.25, 0.3) is 0 Å². The van der Waals surface area contributed by atoms with E-state index < -0.39 is 0 Å². The highest BCUT2D eigenvalue weighted by Gasteiger charge is 2.32. The van der Waals surface area contributed by atoms with Crippen molar-refractivity contribution in [1.82, 2.24) is 15.1 Å². The van der Waals surface area contributed by atoms with Gasteiger partial charge in [-0.05, 0) is 81.6 Å². The van der Waals surface area contributed by atoms with E-state index in [2.05, 4.69) is 77.7 Å². The van der Waals surface area contributed by atoms with Gasteiger partial charge in [0.1, 0.15) is 5.75 Å². The van der Waals surface area contributed by atoms with Crippen LogP contribution < -0.4 is 10.1 Å². The average molecular weight is 450 g/mol.